The van der Waals surface area contributed by atoms with Crippen molar-refractivity contribution in [2.45, 2.75) is 51.0 Å². The van der Waals surface area contributed by atoms with Crippen LogP contribution in [0.3, 0.4) is 0 Å². The Hall–Kier alpha value is -5.66. The van der Waals surface area contributed by atoms with Gasteiger partial charge in [-0.15, -0.1) is 0 Å². The fourth-order valence-electron chi connectivity index (χ4n) is 7.44. The number of carbonyl (C=O) groups excluding carboxylic acids is 2. The number of nitrogens with zero attached hydrogens (tertiary/aromatic N) is 4. The summed E-state index contributed by atoms with van der Waals surface area (Å²) in [7, 11) is 1.31. The van der Waals surface area contributed by atoms with Gasteiger partial charge in [0.05, 0.1) is 25.9 Å². The number of ether oxygens (including phenoxy) is 3. The molecule has 0 radical (unpaired) electrons. The molecule has 2 aliphatic heterocycles. The van der Waals surface area contributed by atoms with Gasteiger partial charge in [-0.2, -0.15) is 0 Å². The zero-order valence-electron chi connectivity index (χ0n) is 32.4. The molecular formula is C45H50N6O6. The largest absolute Gasteiger partial charge is 0.467 e. The molecule has 0 bridgehead atoms. The van der Waals surface area contributed by atoms with Crippen molar-refractivity contribution in [1.29, 1.82) is 0 Å². The van der Waals surface area contributed by atoms with E-state index in [2.05, 4.69) is 61.6 Å². The second kappa shape index (κ2) is 19.0. The van der Waals surface area contributed by atoms with Crippen LogP contribution in [0.2, 0.25) is 0 Å². The Morgan fingerprint density at radius 2 is 1.51 bits per heavy atom. The van der Waals surface area contributed by atoms with E-state index in [1.54, 1.807) is 12.4 Å². The second-order valence-electron chi connectivity index (χ2n) is 14.6. The summed E-state index contributed by atoms with van der Waals surface area (Å²) >= 11 is 0. The highest BCUT2D eigenvalue weighted by atomic mass is 16.7. The predicted molar refractivity (Wildman–Crippen MR) is 217 cm³/mol. The minimum atomic E-state index is -0.814. The van der Waals surface area contributed by atoms with Crippen LogP contribution in [-0.4, -0.2) is 84.0 Å². The summed E-state index contributed by atoms with van der Waals surface area (Å²) in [6.07, 6.45) is 3.01. The molecule has 4 aromatic carbocycles. The van der Waals surface area contributed by atoms with Crippen LogP contribution >= 0.6 is 0 Å². The van der Waals surface area contributed by atoms with Gasteiger partial charge in [0.2, 0.25) is 5.95 Å². The first-order valence-electron chi connectivity index (χ1n) is 19.5. The van der Waals surface area contributed by atoms with E-state index in [0.717, 1.165) is 77.6 Å². The van der Waals surface area contributed by atoms with Gasteiger partial charge in [0, 0.05) is 69.6 Å². The highest BCUT2D eigenvalue weighted by molar-refractivity contribution is 5.83. The smallest absolute Gasteiger partial charge is 0.328 e. The number of benzene rings is 4. The molecule has 5 atom stereocenters. The van der Waals surface area contributed by atoms with Gasteiger partial charge >= 0.3 is 12.0 Å². The second-order valence-corrected chi connectivity index (χ2v) is 14.6. The highest BCUT2D eigenvalue weighted by Gasteiger charge is 2.39. The Balaban J connectivity index is 1.01. The molecule has 0 saturated carbocycles. The van der Waals surface area contributed by atoms with Crippen molar-refractivity contribution in [3.8, 4) is 11.1 Å². The number of methoxy groups -OCH3 is 1. The molecule has 7 rings (SSSR count). The lowest BCUT2D eigenvalue weighted by Gasteiger charge is -2.44. The van der Waals surface area contributed by atoms with Gasteiger partial charge in [-0.05, 0) is 45.5 Å². The molecule has 5 aromatic rings. The molecule has 3 N–H and O–H groups in total. The van der Waals surface area contributed by atoms with E-state index in [4.69, 9.17) is 14.2 Å². The summed E-state index contributed by atoms with van der Waals surface area (Å²) in [6, 6.07) is 34.3. The Labute approximate surface area is 333 Å². The minimum absolute atomic E-state index is 0.0104. The van der Waals surface area contributed by atoms with Gasteiger partial charge in [-0.25, -0.2) is 19.6 Å². The van der Waals surface area contributed by atoms with Crippen LogP contribution in [0.15, 0.2) is 122 Å². The molecule has 0 aliphatic carbocycles. The van der Waals surface area contributed by atoms with Crippen LogP contribution in [-0.2, 0) is 38.6 Å². The molecule has 1 aromatic heterocycles. The zero-order chi connectivity index (χ0) is 39.6. The van der Waals surface area contributed by atoms with E-state index in [1.807, 2.05) is 84.9 Å². The lowest BCUT2D eigenvalue weighted by atomic mass is 9.89. The summed E-state index contributed by atoms with van der Waals surface area (Å²) < 4.78 is 18.5. The number of aliphatic hydroxyl groups is 1. The first-order chi connectivity index (χ1) is 27.9. The van der Waals surface area contributed by atoms with Crippen molar-refractivity contribution >= 4 is 17.9 Å². The van der Waals surface area contributed by atoms with Gasteiger partial charge in [0.1, 0.15) is 6.04 Å². The van der Waals surface area contributed by atoms with Crippen molar-refractivity contribution in [1.82, 2.24) is 25.5 Å². The van der Waals surface area contributed by atoms with E-state index in [-0.39, 0.29) is 31.3 Å². The van der Waals surface area contributed by atoms with E-state index in [0.29, 0.717) is 6.42 Å². The number of hydrogen-bond donors (Lipinski definition) is 3. The van der Waals surface area contributed by atoms with Crippen LogP contribution in [0, 0.1) is 5.92 Å². The number of esters is 1. The van der Waals surface area contributed by atoms with Crippen molar-refractivity contribution in [2.24, 2.45) is 5.92 Å². The number of amides is 2. The molecule has 3 heterocycles. The standard InChI is InChI=1S/C45H50N6O6/c1-31-40(29-50-22-24-51(25-23-50)44-46-20-7-21-47-44)56-43(57-41(31)36-14-12-33(30-52)13-15-36)37-18-16-35(17-19-37)38-11-6-10-34(26-38)28-48-45(54)49-39(42(53)55-2)27-32-8-4-3-5-9-32/h3-21,26,31,39-41,43,52H,22-25,27-30H2,1-2H3,(H2,48,49,54). The molecule has 2 aliphatic rings. The average molecular weight is 771 g/mol. The van der Waals surface area contributed by atoms with Crippen LogP contribution in [0.25, 0.3) is 11.1 Å². The number of carbonyl (C=O) groups is 2. The maximum absolute atomic E-state index is 12.9. The molecule has 5 unspecified atom stereocenters. The molecule has 12 nitrogen and oxygen atoms in total. The normalized spacial score (nSPS) is 20.4. The van der Waals surface area contributed by atoms with E-state index >= 15 is 0 Å². The summed E-state index contributed by atoms with van der Waals surface area (Å²) in [4.78, 5) is 38.8. The molecule has 0 spiro atoms. The van der Waals surface area contributed by atoms with Gasteiger partial charge in [-0.1, -0.05) is 104 Å². The molecule has 2 fully saturated rings. The molecule has 2 saturated heterocycles. The maximum atomic E-state index is 12.9. The zero-order valence-corrected chi connectivity index (χ0v) is 32.4. The number of rotatable bonds is 13. The fourth-order valence-corrected chi connectivity index (χ4v) is 7.44. The average Bonchev–Trinajstić information content (AvgIpc) is 3.27. The number of anilines is 1. The highest BCUT2D eigenvalue weighted by Crippen LogP contribution is 2.42. The first kappa shape index (κ1) is 39.6. The quantitative estimate of drug-likeness (QED) is 0.125. The van der Waals surface area contributed by atoms with E-state index in [9.17, 15) is 14.7 Å². The van der Waals surface area contributed by atoms with Gasteiger partial charge < -0.3 is 34.9 Å². The summed E-state index contributed by atoms with van der Waals surface area (Å²) in [5.74, 6) is 0.331. The fraction of sp³-hybridized carbons (Fsp3) is 0.333. The van der Waals surface area contributed by atoms with Crippen molar-refractivity contribution in [3.63, 3.8) is 0 Å². The number of aliphatic hydroxyl groups excluding tert-OH is 1. The Kier molecular flexibility index (Phi) is 13.2. The van der Waals surface area contributed by atoms with E-state index in [1.165, 1.54) is 7.11 Å². The topological polar surface area (TPSA) is 138 Å². The summed E-state index contributed by atoms with van der Waals surface area (Å²) in [5, 5.41) is 15.3. The third-order valence-electron chi connectivity index (χ3n) is 10.7. The van der Waals surface area contributed by atoms with E-state index < -0.39 is 24.3 Å². The van der Waals surface area contributed by atoms with Crippen LogP contribution in [0.1, 0.15) is 47.1 Å². The van der Waals surface area contributed by atoms with Crippen LogP contribution in [0.4, 0.5) is 10.7 Å². The summed E-state index contributed by atoms with van der Waals surface area (Å²) in [5.41, 5.74) is 6.66. The molecular weight excluding hydrogens is 721 g/mol. The van der Waals surface area contributed by atoms with Crippen molar-refractivity contribution in [2.75, 3.05) is 44.7 Å². The number of hydrogen-bond acceptors (Lipinski definition) is 10. The third kappa shape index (κ3) is 10.2. The van der Waals surface area contributed by atoms with Crippen LogP contribution < -0.4 is 15.5 Å². The predicted octanol–water partition coefficient (Wildman–Crippen LogP) is 5.83. The summed E-state index contributed by atoms with van der Waals surface area (Å²) in [6.45, 7) is 6.66. The lowest BCUT2D eigenvalue weighted by Crippen LogP contribution is -2.51. The Bertz CT molecular complexity index is 2050. The van der Waals surface area contributed by atoms with Crippen LogP contribution in [0.5, 0.6) is 0 Å². The third-order valence-corrected chi connectivity index (χ3v) is 10.7. The first-order valence-corrected chi connectivity index (χ1v) is 19.5. The molecule has 57 heavy (non-hydrogen) atoms. The molecule has 12 heteroatoms. The molecule has 296 valence electrons. The van der Waals surface area contributed by atoms with Gasteiger partial charge in [0.25, 0.3) is 0 Å². The number of aromatic nitrogens is 2. The SMILES string of the molecule is COC(=O)C(Cc1ccccc1)NC(=O)NCc1cccc(-c2ccc(C3OC(CN4CCN(c5ncccn5)CC4)C(C)C(c4ccc(CO)cc4)O3)cc2)c1. The number of urea groups is 1. The number of piperazine rings is 1. The molecule has 2 amide bonds. The van der Waals surface area contributed by atoms with Crippen molar-refractivity contribution in [3.05, 3.63) is 149 Å². The lowest BCUT2D eigenvalue weighted by molar-refractivity contribution is -0.276. The Morgan fingerprint density at radius 3 is 2.21 bits per heavy atom. The number of nitrogens with one attached hydrogen (secondary N) is 2. The maximum Gasteiger partial charge on any atom is 0.328 e. The monoisotopic (exact) mass is 770 g/mol. The van der Waals surface area contributed by atoms with Gasteiger partial charge in [0.15, 0.2) is 6.29 Å². The Morgan fingerprint density at radius 1 is 0.807 bits per heavy atom. The van der Waals surface area contributed by atoms with Crippen molar-refractivity contribution < 1.29 is 28.9 Å². The minimum Gasteiger partial charge on any atom is -0.467 e. The van der Waals surface area contributed by atoms with Gasteiger partial charge in [-0.3, -0.25) is 4.90 Å².